The quantitative estimate of drug-likeness (QED) is 0.591. The Hall–Kier alpha value is -1.19. The number of esters is 1. The monoisotopic (exact) mass is 326 g/mol. The van der Waals surface area contributed by atoms with Crippen LogP contribution in [0.2, 0.25) is 0 Å². The number of rotatable bonds is 9. The maximum absolute atomic E-state index is 12.5. The highest BCUT2D eigenvalue weighted by Crippen LogP contribution is 2.45. The van der Waals surface area contributed by atoms with Gasteiger partial charge in [0.05, 0.1) is 11.5 Å². The third-order valence-electron chi connectivity index (χ3n) is 5.03. The van der Waals surface area contributed by atoms with E-state index in [4.69, 9.17) is 4.74 Å². The number of hydrogen-bond acceptors (Lipinski definition) is 4. The largest absolute Gasteiger partial charge is 0.463 e. The zero-order chi connectivity index (χ0) is 18.6. The predicted molar refractivity (Wildman–Crippen MR) is 92.1 cm³/mol. The fourth-order valence-electron chi connectivity index (χ4n) is 2.97. The van der Waals surface area contributed by atoms with Crippen molar-refractivity contribution in [1.29, 1.82) is 0 Å². The molecule has 4 heteroatoms. The van der Waals surface area contributed by atoms with Crippen molar-refractivity contribution >= 4 is 17.5 Å². The lowest BCUT2D eigenvalue weighted by Crippen LogP contribution is -2.42. The average Bonchev–Trinajstić information content (AvgIpc) is 2.36. The van der Waals surface area contributed by atoms with Crippen LogP contribution in [0.3, 0.4) is 0 Å². The molecule has 0 saturated carbocycles. The maximum Gasteiger partial charge on any atom is 0.312 e. The van der Waals surface area contributed by atoms with Gasteiger partial charge >= 0.3 is 5.97 Å². The van der Waals surface area contributed by atoms with Gasteiger partial charge < -0.3 is 4.74 Å². The number of carbonyl (C=O) groups excluding carboxylic acids is 3. The minimum atomic E-state index is -0.740. The summed E-state index contributed by atoms with van der Waals surface area (Å²) in [5.41, 5.74) is -2.08. The van der Waals surface area contributed by atoms with Crippen molar-refractivity contribution < 1.29 is 19.1 Å². The molecule has 0 aromatic heterocycles. The van der Waals surface area contributed by atoms with Crippen LogP contribution >= 0.6 is 0 Å². The summed E-state index contributed by atoms with van der Waals surface area (Å²) in [6.07, 6.45) is 1.20. The summed E-state index contributed by atoms with van der Waals surface area (Å²) >= 11 is 0. The van der Waals surface area contributed by atoms with Gasteiger partial charge in [-0.2, -0.15) is 0 Å². The summed E-state index contributed by atoms with van der Waals surface area (Å²) in [4.78, 5) is 36.7. The fourth-order valence-corrected chi connectivity index (χ4v) is 2.97. The van der Waals surface area contributed by atoms with Gasteiger partial charge in [0.25, 0.3) is 0 Å². The topological polar surface area (TPSA) is 60.4 Å². The third-order valence-corrected chi connectivity index (χ3v) is 5.03. The van der Waals surface area contributed by atoms with Crippen molar-refractivity contribution in [2.45, 2.75) is 87.7 Å². The Morgan fingerprint density at radius 1 is 0.870 bits per heavy atom. The second-order valence-electron chi connectivity index (χ2n) is 8.28. The first-order chi connectivity index (χ1) is 10.2. The van der Waals surface area contributed by atoms with Gasteiger partial charge in [-0.05, 0) is 53.9 Å². The smallest absolute Gasteiger partial charge is 0.312 e. The molecule has 0 saturated heterocycles. The Balaban J connectivity index is 5.58. The van der Waals surface area contributed by atoms with E-state index >= 15 is 0 Å². The maximum atomic E-state index is 12.5. The first-order valence-electron chi connectivity index (χ1n) is 8.43. The zero-order valence-corrected chi connectivity index (χ0v) is 16.3. The molecule has 0 heterocycles. The minimum Gasteiger partial charge on any atom is -0.463 e. The normalized spacial score (nSPS) is 17.3. The molecule has 0 fully saturated rings. The SMILES string of the molecule is CCC(C)(CC(C)(CC(C)(C)C(C)=O)C(C)=O)C(=O)OC(C)C. The highest BCUT2D eigenvalue weighted by Gasteiger charge is 2.46. The van der Waals surface area contributed by atoms with Crippen LogP contribution in [0, 0.1) is 16.2 Å². The lowest BCUT2D eigenvalue weighted by molar-refractivity contribution is -0.162. The Morgan fingerprint density at radius 3 is 1.65 bits per heavy atom. The van der Waals surface area contributed by atoms with E-state index in [0.717, 1.165) is 0 Å². The van der Waals surface area contributed by atoms with Crippen molar-refractivity contribution in [1.82, 2.24) is 0 Å². The predicted octanol–water partition coefficient (Wildman–Crippen LogP) is 4.35. The van der Waals surface area contributed by atoms with Crippen LogP contribution in [-0.2, 0) is 19.1 Å². The summed E-state index contributed by atoms with van der Waals surface area (Å²) in [6, 6.07) is 0. The van der Waals surface area contributed by atoms with Crippen LogP contribution in [0.25, 0.3) is 0 Å². The standard InChI is InChI=1S/C19H34O4/c1-10-18(8,16(22)23-13(2)3)12-19(9,15(5)21)11-17(6,7)14(4)20/h13H,10-12H2,1-9H3. The lowest BCUT2D eigenvalue weighted by atomic mass is 9.63. The molecule has 0 aromatic rings. The van der Waals surface area contributed by atoms with Crippen LogP contribution in [0.4, 0.5) is 0 Å². The molecule has 134 valence electrons. The van der Waals surface area contributed by atoms with Crippen LogP contribution in [0.15, 0.2) is 0 Å². The number of Topliss-reactive ketones (excluding diaryl/α,β-unsaturated/α-hetero) is 2. The van der Waals surface area contributed by atoms with Gasteiger partial charge in [0.15, 0.2) is 0 Å². The number of ketones is 2. The number of hydrogen-bond donors (Lipinski definition) is 0. The van der Waals surface area contributed by atoms with Crippen molar-refractivity contribution in [3.05, 3.63) is 0 Å². The van der Waals surface area contributed by atoms with Gasteiger partial charge in [-0.15, -0.1) is 0 Å². The first-order valence-corrected chi connectivity index (χ1v) is 8.43. The van der Waals surface area contributed by atoms with Crippen LogP contribution < -0.4 is 0 Å². The minimum absolute atomic E-state index is 0.00356. The molecule has 0 amide bonds. The van der Waals surface area contributed by atoms with Crippen LogP contribution in [-0.4, -0.2) is 23.6 Å². The molecule has 0 aliphatic heterocycles. The van der Waals surface area contributed by atoms with Gasteiger partial charge in [-0.3, -0.25) is 14.4 Å². The Kier molecular flexibility index (Phi) is 7.19. The molecule has 2 atom stereocenters. The molecule has 0 aliphatic carbocycles. The molecule has 23 heavy (non-hydrogen) atoms. The zero-order valence-electron chi connectivity index (χ0n) is 16.3. The summed E-state index contributed by atoms with van der Waals surface area (Å²) in [5.74, 6) is -0.222. The third kappa shape index (κ3) is 5.74. The van der Waals surface area contributed by atoms with Gasteiger partial charge in [0, 0.05) is 10.8 Å². The van der Waals surface area contributed by atoms with Crippen molar-refractivity contribution in [3.8, 4) is 0 Å². The second kappa shape index (κ2) is 7.59. The van der Waals surface area contributed by atoms with E-state index in [1.54, 1.807) is 13.8 Å². The number of ether oxygens (including phenoxy) is 1. The van der Waals surface area contributed by atoms with E-state index in [1.807, 2.05) is 48.5 Å². The van der Waals surface area contributed by atoms with Gasteiger partial charge in [0.1, 0.15) is 11.6 Å². The highest BCUT2D eigenvalue weighted by atomic mass is 16.5. The molecule has 0 radical (unpaired) electrons. The molecule has 0 spiro atoms. The van der Waals surface area contributed by atoms with E-state index in [2.05, 4.69) is 0 Å². The second-order valence-corrected chi connectivity index (χ2v) is 8.28. The Bertz CT molecular complexity index is 464. The lowest BCUT2D eigenvalue weighted by Gasteiger charge is -2.40. The number of carbonyl (C=O) groups is 3. The summed E-state index contributed by atoms with van der Waals surface area (Å²) < 4.78 is 5.39. The molecule has 0 bridgehead atoms. The molecule has 0 aliphatic rings. The summed E-state index contributed by atoms with van der Waals surface area (Å²) in [6.45, 7) is 16.1. The van der Waals surface area contributed by atoms with Crippen LogP contribution in [0.5, 0.6) is 0 Å². The van der Waals surface area contributed by atoms with Gasteiger partial charge in [-0.25, -0.2) is 0 Å². The summed E-state index contributed by atoms with van der Waals surface area (Å²) in [7, 11) is 0. The Labute approximate surface area is 141 Å². The van der Waals surface area contributed by atoms with Crippen molar-refractivity contribution in [2.75, 3.05) is 0 Å². The first kappa shape index (κ1) is 21.8. The molecule has 0 N–H and O–H groups in total. The molecular weight excluding hydrogens is 292 g/mol. The highest BCUT2D eigenvalue weighted by molar-refractivity contribution is 5.86. The molecule has 2 unspecified atom stereocenters. The van der Waals surface area contributed by atoms with E-state index in [-0.39, 0.29) is 23.6 Å². The molecular formula is C19H34O4. The van der Waals surface area contributed by atoms with E-state index in [9.17, 15) is 14.4 Å². The molecule has 0 aromatic carbocycles. The van der Waals surface area contributed by atoms with E-state index in [1.165, 1.54) is 0 Å². The summed E-state index contributed by atoms with van der Waals surface area (Å²) in [5, 5.41) is 0. The fraction of sp³-hybridized carbons (Fsp3) is 0.842. The van der Waals surface area contributed by atoms with Crippen molar-refractivity contribution in [3.63, 3.8) is 0 Å². The van der Waals surface area contributed by atoms with Gasteiger partial charge in [0.2, 0.25) is 0 Å². The van der Waals surface area contributed by atoms with E-state index < -0.39 is 16.2 Å². The molecule has 0 rings (SSSR count). The average molecular weight is 326 g/mol. The Morgan fingerprint density at radius 2 is 1.35 bits per heavy atom. The van der Waals surface area contributed by atoms with Crippen LogP contribution in [0.1, 0.15) is 81.6 Å². The van der Waals surface area contributed by atoms with Crippen molar-refractivity contribution in [2.24, 2.45) is 16.2 Å². The van der Waals surface area contributed by atoms with E-state index in [0.29, 0.717) is 19.3 Å². The molecule has 4 nitrogen and oxygen atoms in total. The van der Waals surface area contributed by atoms with Gasteiger partial charge in [-0.1, -0.05) is 27.7 Å².